The molecule has 1 atom stereocenters. The summed E-state index contributed by atoms with van der Waals surface area (Å²) in [6.45, 7) is 3.97. The molecule has 0 fully saturated rings. The predicted molar refractivity (Wildman–Crippen MR) is 90.6 cm³/mol. The lowest BCUT2D eigenvalue weighted by Crippen LogP contribution is -2.28. The Morgan fingerprint density at radius 3 is 2.62 bits per heavy atom. The molecular weight excluding hydrogens is 304 g/mol. The number of rotatable bonds is 1. The van der Waals surface area contributed by atoms with Gasteiger partial charge in [-0.05, 0) is 43.7 Å². The van der Waals surface area contributed by atoms with Gasteiger partial charge in [0.05, 0.1) is 12.0 Å². The van der Waals surface area contributed by atoms with Gasteiger partial charge in [-0.25, -0.2) is 0 Å². The molecule has 2 aromatic rings. The first kappa shape index (κ1) is 14.8. The van der Waals surface area contributed by atoms with E-state index in [1.807, 2.05) is 32.1 Å². The lowest BCUT2D eigenvalue weighted by Gasteiger charge is -2.31. The molecule has 0 spiro atoms. The van der Waals surface area contributed by atoms with Crippen LogP contribution < -0.4 is 9.47 Å². The number of phenolic OH excluding ortho intramolecular Hbond substituents is 1. The summed E-state index contributed by atoms with van der Waals surface area (Å²) < 4.78 is 12.0. The molecule has 0 unspecified atom stereocenters. The Morgan fingerprint density at radius 2 is 1.88 bits per heavy atom. The van der Waals surface area contributed by atoms with E-state index in [0.717, 1.165) is 16.9 Å². The van der Waals surface area contributed by atoms with E-state index >= 15 is 0 Å². The van der Waals surface area contributed by atoms with Gasteiger partial charge in [0.1, 0.15) is 29.0 Å². The van der Waals surface area contributed by atoms with Gasteiger partial charge in [0, 0.05) is 11.6 Å². The van der Waals surface area contributed by atoms with E-state index in [2.05, 4.69) is 0 Å². The minimum Gasteiger partial charge on any atom is -0.508 e. The Kier molecular flexibility index (Phi) is 3.17. The smallest absolute Gasteiger partial charge is 0.170 e. The second-order valence-electron chi connectivity index (χ2n) is 6.75. The van der Waals surface area contributed by atoms with Crippen molar-refractivity contribution in [2.75, 3.05) is 0 Å². The number of fused-ring (bicyclic) bond motifs is 2. The van der Waals surface area contributed by atoms with E-state index in [1.165, 1.54) is 0 Å². The van der Waals surface area contributed by atoms with Crippen LogP contribution in [0.15, 0.2) is 42.5 Å². The Morgan fingerprint density at radius 1 is 1.12 bits per heavy atom. The van der Waals surface area contributed by atoms with Crippen molar-refractivity contribution in [1.82, 2.24) is 0 Å². The fourth-order valence-electron chi connectivity index (χ4n) is 3.07. The van der Waals surface area contributed by atoms with Crippen molar-refractivity contribution < 1.29 is 19.4 Å². The molecule has 0 bridgehead atoms. The quantitative estimate of drug-likeness (QED) is 0.851. The standard InChI is InChI=1S/C20H18O4/c1-20(2)8-7-13-9-15-16(22)10-17(12-3-5-14(21)6-4-12)23-19(15)11-18(13)24-20/h3-9,11,17,21H,10H2,1-2H3/t17-/m1/s1. The van der Waals surface area contributed by atoms with E-state index in [1.54, 1.807) is 30.3 Å². The molecule has 4 nitrogen and oxygen atoms in total. The number of aromatic hydroxyl groups is 1. The molecule has 2 heterocycles. The summed E-state index contributed by atoms with van der Waals surface area (Å²) in [6.07, 6.45) is 3.90. The molecule has 0 saturated carbocycles. The van der Waals surface area contributed by atoms with Gasteiger partial charge in [0.15, 0.2) is 5.78 Å². The molecule has 0 amide bonds. The highest BCUT2D eigenvalue weighted by Crippen LogP contribution is 2.41. The van der Waals surface area contributed by atoms with Gasteiger partial charge >= 0.3 is 0 Å². The molecule has 4 rings (SSSR count). The average Bonchev–Trinajstić information content (AvgIpc) is 2.53. The van der Waals surface area contributed by atoms with Crippen LogP contribution in [-0.2, 0) is 0 Å². The van der Waals surface area contributed by atoms with Crippen LogP contribution in [0, 0.1) is 0 Å². The normalized spacial score (nSPS) is 20.6. The largest absolute Gasteiger partial charge is 0.508 e. The maximum absolute atomic E-state index is 12.6. The van der Waals surface area contributed by atoms with Gasteiger partial charge < -0.3 is 14.6 Å². The van der Waals surface area contributed by atoms with Crippen molar-refractivity contribution in [3.05, 3.63) is 59.2 Å². The van der Waals surface area contributed by atoms with E-state index < -0.39 is 0 Å². The number of hydrogen-bond acceptors (Lipinski definition) is 4. The topological polar surface area (TPSA) is 55.8 Å². The SMILES string of the molecule is CC1(C)C=Cc2cc3c(cc2O1)O[C@@H](c1ccc(O)cc1)CC3=O. The third-order valence-electron chi connectivity index (χ3n) is 4.35. The number of phenols is 1. The zero-order valence-corrected chi connectivity index (χ0v) is 13.6. The Labute approximate surface area is 140 Å². The van der Waals surface area contributed by atoms with Crippen molar-refractivity contribution in [1.29, 1.82) is 0 Å². The zero-order chi connectivity index (χ0) is 16.9. The van der Waals surface area contributed by atoms with Gasteiger partial charge in [-0.15, -0.1) is 0 Å². The van der Waals surface area contributed by atoms with Crippen molar-refractivity contribution in [3.8, 4) is 17.2 Å². The number of Topliss-reactive ketones (excluding diaryl/α,β-unsaturated/α-hetero) is 1. The third-order valence-corrected chi connectivity index (χ3v) is 4.35. The molecule has 2 aromatic carbocycles. The fraction of sp³-hybridized carbons (Fsp3) is 0.250. The summed E-state index contributed by atoms with van der Waals surface area (Å²) in [7, 11) is 0. The maximum Gasteiger partial charge on any atom is 0.170 e. The molecule has 2 aliphatic heterocycles. The maximum atomic E-state index is 12.6. The Bertz CT molecular complexity index is 847. The van der Waals surface area contributed by atoms with Gasteiger partial charge in [0.25, 0.3) is 0 Å². The highest BCUT2D eigenvalue weighted by molar-refractivity contribution is 6.01. The first-order valence-corrected chi connectivity index (χ1v) is 7.96. The second-order valence-corrected chi connectivity index (χ2v) is 6.75. The molecule has 0 aromatic heterocycles. The number of ketones is 1. The molecule has 2 aliphatic rings. The molecule has 24 heavy (non-hydrogen) atoms. The van der Waals surface area contributed by atoms with Crippen LogP contribution in [-0.4, -0.2) is 16.5 Å². The first-order chi connectivity index (χ1) is 11.4. The molecule has 0 aliphatic carbocycles. The van der Waals surface area contributed by atoms with Gasteiger partial charge in [-0.3, -0.25) is 4.79 Å². The molecule has 122 valence electrons. The fourth-order valence-corrected chi connectivity index (χ4v) is 3.07. The summed E-state index contributed by atoms with van der Waals surface area (Å²) in [5.41, 5.74) is 1.98. The monoisotopic (exact) mass is 322 g/mol. The van der Waals surface area contributed by atoms with Gasteiger partial charge in [-0.1, -0.05) is 18.2 Å². The van der Waals surface area contributed by atoms with Crippen LogP contribution in [0.4, 0.5) is 0 Å². The summed E-state index contributed by atoms with van der Waals surface area (Å²) in [5, 5.41) is 9.42. The molecule has 1 N–H and O–H groups in total. The van der Waals surface area contributed by atoms with E-state index in [-0.39, 0.29) is 29.7 Å². The number of carbonyl (C=O) groups excluding carboxylic acids is 1. The van der Waals surface area contributed by atoms with Crippen LogP contribution in [0.1, 0.15) is 47.9 Å². The van der Waals surface area contributed by atoms with Crippen LogP contribution in [0.25, 0.3) is 6.08 Å². The zero-order valence-electron chi connectivity index (χ0n) is 13.6. The summed E-state index contributed by atoms with van der Waals surface area (Å²) in [5.74, 6) is 1.52. The Hall–Kier alpha value is -2.75. The van der Waals surface area contributed by atoms with Crippen molar-refractivity contribution >= 4 is 11.9 Å². The molecule has 0 saturated heterocycles. The number of benzene rings is 2. The second kappa shape index (κ2) is 5.13. The highest BCUT2D eigenvalue weighted by Gasteiger charge is 2.31. The third kappa shape index (κ3) is 2.54. The summed E-state index contributed by atoms with van der Waals surface area (Å²) in [6, 6.07) is 10.4. The highest BCUT2D eigenvalue weighted by atomic mass is 16.5. The van der Waals surface area contributed by atoms with Crippen LogP contribution in [0.5, 0.6) is 17.2 Å². The first-order valence-electron chi connectivity index (χ1n) is 7.96. The van der Waals surface area contributed by atoms with E-state index in [0.29, 0.717) is 11.3 Å². The molecule has 0 radical (unpaired) electrons. The minimum atomic E-state index is -0.379. The van der Waals surface area contributed by atoms with Crippen molar-refractivity contribution in [2.24, 2.45) is 0 Å². The van der Waals surface area contributed by atoms with Crippen LogP contribution in [0.3, 0.4) is 0 Å². The summed E-state index contributed by atoms with van der Waals surface area (Å²) in [4.78, 5) is 12.6. The van der Waals surface area contributed by atoms with Gasteiger partial charge in [-0.2, -0.15) is 0 Å². The van der Waals surface area contributed by atoms with Crippen molar-refractivity contribution in [3.63, 3.8) is 0 Å². The van der Waals surface area contributed by atoms with Crippen LogP contribution in [0.2, 0.25) is 0 Å². The lowest BCUT2D eigenvalue weighted by molar-refractivity contribution is 0.0847. The lowest BCUT2D eigenvalue weighted by atomic mass is 9.93. The molecule has 4 heteroatoms. The minimum absolute atomic E-state index is 0.0513. The predicted octanol–water partition coefficient (Wildman–Crippen LogP) is 4.28. The summed E-state index contributed by atoms with van der Waals surface area (Å²) >= 11 is 0. The van der Waals surface area contributed by atoms with Gasteiger partial charge in [0.2, 0.25) is 0 Å². The molecular formula is C20H18O4. The van der Waals surface area contributed by atoms with E-state index in [9.17, 15) is 9.90 Å². The number of ether oxygens (including phenoxy) is 2. The van der Waals surface area contributed by atoms with Crippen LogP contribution >= 0.6 is 0 Å². The number of hydrogen-bond donors (Lipinski definition) is 1. The van der Waals surface area contributed by atoms with E-state index in [4.69, 9.17) is 9.47 Å². The van der Waals surface area contributed by atoms with Crippen molar-refractivity contribution in [2.45, 2.75) is 32.0 Å². The number of carbonyl (C=O) groups is 1. The average molecular weight is 322 g/mol. The Balaban J connectivity index is 1.71.